The van der Waals surface area contributed by atoms with Crippen LogP contribution in [0, 0.1) is 6.92 Å². The molecule has 4 aromatic rings. The van der Waals surface area contributed by atoms with Gasteiger partial charge in [0.2, 0.25) is 5.91 Å². The summed E-state index contributed by atoms with van der Waals surface area (Å²) in [5, 5.41) is 13.7. The van der Waals surface area contributed by atoms with E-state index in [-0.39, 0.29) is 18.2 Å². The van der Waals surface area contributed by atoms with Crippen molar-refractivity contribution in [3.63, 3.8) is 0 Å². The Kier molecular flexibility index (Phi) is 5.05. The summed E-state index contributed by atoms with van der Waals surface area (Å²) in [6.07, 6.45) is 9.40. The monoisotopic (exact) mass is 468 g/mol. The Morgan fingerprint density at radius 1 is 1.23 bits per heavy atom. The summed E-state index contributed by atoms with van der Waals surface area (Å²) < 4.78 is 3.79. The second-order valence-electron chi connectivity index (χ2n) is 8.87. The molecule has 4 heterocycles. The number of fused-ring (bicyclic) bond motifs is 1. The number of hydrogen-bond acceptors (Lipinski definition) is 7. The predicted octanol–water partition coefficient (Wildman–Crippen LogP) is 2.84. The molecule has 10 nitrogen and oxygen atoms in total. The van der Waals surface area contributed by atoms with E-state index in [0.717, 1.165) is 35.7 Å². The maximum atomic E-state index is 12.0. The molecule has 1 saturated carbocycles. The van der Waals surface area contributed by atoms with Gasteiger partial charge in [-0.15, -0.1) is 0 Å². The molecule has 0 atom stereocenters. The number of nitrogens with one attached hydrogen (secondary N) is 3. The highest BCUT2D eigenvalue weighted by molar-refractivity contribution is 6.15. The number of aromatic nitrogens is 5. The van der Waals surface area contributed by atoms with Crippen LogP contribution >= 0.6 is 0 Å². The van der Waals surface area contributed by atoms with Crippen molar-refractivity contribution in [3.8, 4) is 5.69 Å². The van der Waals surface area contributed by atoms with Crippen molar-refractivity contribution in [1.29, 1.82) is 0 Å². The number of hydrogen-bond donors (Lipinski definition) is 3. The van der Waals surface area contributed by atoms with Crippen LogP contribution < -0.4 is 16.0 Å². The van der Waals surface area contributed by atoms with Crippen molar-refractivity contribution in [1.82, 2.24) is 29.5 Å². The van der Waals surface area contributed by atoms with Gasteiger partial charge in [-0.1, -0.05) is 12.1 Å². The molecule has 35 heavy (non-hydrogen) atoms. The smallest absolute Gasteiger partial charge is 0.254 e. The predicted molar refractivity (Wildman–Crippen MR) is 131 cm³/mol. The van der Waals surface area contributed by atoms with Crippen molar-refractivity contribution >= 4 is 35.2 Å². The summed E-state index contributed by atoms with van der Waals surface area (Å²) in [4.78, 5) is 32.7. The molecular formula is C25H24N8O2. The highest BCUT2D eigenvalue weighted by atomic mass is 16.2. The SMILES string of the molecule is Cc1nccn1-c1cccc(CNc2cc(NC3CC3)n3ncc(/C=C4\CC(=O)NC4=O)c3n2)c1. The van der Waals surface area contributed by atoms with E-state index in [9.17, 15) is 9.59 Å². The molecule has 1 saturated heterocycles. The Morgan fingerprint density at radius 2 is 2.11 bits per heavy atom. The number of benzene rings is 1. The standard InChI is InChI=1S/C25H24N8O2/c1-15-26-7-8-32(15)20-4-2-3-16(9-20)13-27-21-12-22(29-19-5-6-19)33-24(30-21)18(14-28-33)10-17-11-23(34)31-25(17)35/h2-4,7-10,12,14,19,29H,5-6,11,13H2,1H3,(H,27,30)(H,31,34,35)/b17-10+. The number of rotatable bonds is 7. The Balaban J connectivity index is 1.31. The molecule has 1 aliphatic heterocycles. The average molecular weight is 469 g/mol. The minimum absolute atomic E-state index is 0.0635. The number of aryl methyl sites for hydroxylation is 1. The fourth-order valence-electron chi connectivity index (χ4n) is 4.18. The van der Waals surface area contributed by atoms with Gasteiger partial charge in [0.25, 0.3) is 5.91 Å². The van der Waals surface area contributed by atoms with Gasteiger partial charge in [-0.3, -0.25) is 14.9 Å². The normalized spacial score (nSPS) is 16.8. The number of nitrogens with zero attached hydrogens (tertiary/aromatic N) is 5. The highest BCUT2D eigenvalue weighted by Gasteiger charge is 2.25. The number of imidazole rings is 1. The number of carbonyl (C=O) groups excluding carboxylic acids is 2. The molecule has 0 radical (unpaired) electrons. The largest absolute Gasteiger partial charge is 0.367 e. The van der Waals surface area contributed by atoms with Crippen LogP contribution in [-0.4, -0.2) is 42.0 Å². The third-order valence-corrected chi connectivity index (χ3v) is 6.14. The molecule has 1 aliphatic carbocycles. The van der Waals surface area contributed by atoms with Crippen molar-refractivity contribution in [3.05, 3.63) is 71.4 Å². The third kappa shape index (κ3) is 4.25. The Hall–Kier alpha value is -4.47. The molecule has 2 fully saturated rings. The molecule has 0 bridgehead atoms. The lowest BCUT2D eigenvalue weighted by Crippen LogP contribution is -2.19. The fraction of sp³-hybridized carbons (Fsp3) is 0.240. The fourth-order valence-corrected chi connectivity index (χ4v) is 4.18. The van der Waals surface area contributed by atoms with Gasteiger partial charge < -0.3 is 15.2 Å². The molecule has 0 spiro atoms. The Morgan fingerprint density at radius 3 is 2.86 bits per heavy atom. The second-order valence-corrected chi connectivity index (χ2v) is 8.87. The molecule has 3 N–H and O–H groups in total. The summed E-state index contributed by atoms with van der Waals surface area (Å²) in [5.41, 5.74) is 3.86. The van der Waals surface area contributed by atoms with Crippen molar-refractivity contribution in [2.24, 2.45) is 0 Å². The van der Waals surface area contributed by atoms with E-state index in [1.54, 1.807) is 23.0 Å². The zero-order chi connectivity index (χ0) is 23.9. The quantitative estimate of drug-likeness (QED) is 0.282. The highest BCUT2D eigenvalue weighted by Crippen LogP contribution is 2.28. The minimum atomic E-state index is -0.368. The molecular weight excluding hydrogens is 444 g/mol. The van der Waals surface area contributed by atoms with Crippen LogP contribution in [0.1, 0.15) is 36.2 Å². The van der Waals surface area contributed by atoms with Crippen LogP contribution in [0.5, 0.6) is 0 Å². The van der Waals surface area contributed by atoms with Crippen molar-refractivity contribution < 1.29 is 9.59 Å². The number of amides is 2. The molecule has 2 amide bonds. The van der Waals surface area contributed by atoms with Crippen molar-refractivity contribution in [2.75, 3.05) is 10.6 Å². The van der Waals surface area contributed by atoms with Gasteiger partial charge in [-0.05, 0) is 43.5 Å². The first kappa shape index (κ1) is 21.1. The average Bonchev–Trinajstić information content (AvgIpc) is 3.25. The van der Waals surface area contributed by atoms with Gasteiger partial charge >= 0.3 is 0 Å². The van der Waals surface area contributed by atoms with Gasteiger partial charge in [0.15, 0.2) is 5.65 Å². The zero-order valence-electron chi connectivity index (χ0n) is 19.2. The summed E-state index contributed by atoms with van der Waals surface area (Å²) in [6.45, 7) is 2.55. The van der Waals surface area contributed by atoms with Gasteiger partial charge in [0.05, 0.1) is 12.6 Å². The maximum Gasteiger partial charge on any atom is 0.254 e. The van der Waals surface area contributed by atoms with Crippen LogP contribution in [0.4, 0.5) is 11.6 Å². The van der Waals surface area contributed by atoms with E-state index >= 15 is 0 Å². The summed E-state index contributed by atoms with van der Waals surface area (Å²) in [5.74, 6) is 1.79. The third-order valence-electron chi connectivity index (χ3n) is 6.14. The van der Waals surface area contributed by atoms with E-state index in [2.05, 4.69) is 44.2 Å². The number of imide groups is 1. The van der Waals surface area contributed by atoms with Crippen LogP contribution in [0.25, 0.3) is 17.4 Å². The van der Waals surface area contributed by atoms with Crippen LogP contribution in [0.3, 0.4) is 0 Å². The van der Waals surface area contributed by atoms with E-state index in [1.165, 1.54) is 0 Å². The van der Waals surface area contributed by atoms with Gasteiger partial charge in [-0.2, -0.15) is 9.61 Å². The first-order valence-electron chi connectivity index (χ1n) is 11.6. The van der Waals surface area contributed by atoms with Crippen molar-refractivity contribution in [2.45, 2.75) is 38.8 Å². The van der Waals surface area contributed by atoms with Gasteiger partial charge in [-0.25, -0.2) is 9.97 Å². The number of carbonyl (C=O) groups is 2. The van der Waals surface area contributed by atoms with E-state index in [1.807, 2.05) is 29.8 Å². The zero-order valence-corrected chi connectivity index (χ0v) is 19.2. The summed E-state index contributed by atoms with van der Waals surface area (Å²) in [6, 6.07) is 10.6. The molecule has 1 aromatic carbocycles. The Bertz CT molecular complexity index is 1490. The topological polar surface area (TPSA) is 118 Å². The van der Waals surface area contributed by atoms with Gasteiger partial charge in [0.1, 0.15) is 17.5 Å². The van der Waals surface area contributed by atoms with E-state index in [4.69, 9.17) is 4.98 Å². The molecule has 2 aliphatic rings. The molecule has 10 heteroatoms. The first-order valence-corrected chi connectivity index (χ1v) is 11.6. The van der Waals surface area contributed by atoms with Gasteiger partial charge in [0, 0.05) is 47.9 Å². The molecule has 176 valence electrons. The molecule has 3 aromatic heterocycles. The maximum absolute atomic E-state index is 12.0. The molecule has 6 rings (SSSR count). The van der Waals surface area contributed by atoms with E-state index < -0.39 is 0 Å². The van der Waals surface area contributed by atoms with Crippen LogP contribution in [0.2, 0.25) is 0 Å². The summed E-state index contributed by atoms with van der Waals surface area (Å²) in [7, 11) is 0. The second kappa shape index (κ2) is 8.39. The minimum Gasteiger partial charge on any atom is -0.367 e. The lowest BCUT2D eigenvalue weighted by Gasteiger charge is -2.12. The molecule has 0 unspecified atom stereocenters. The lowest BCUT2D eigenvalue weighted by atomic mass is 10.1. The van der Waals surface area contributed by atoms with Crippen LogP contribution in [-0.2, 0) is 16.1 Å². The Labute approximate surface area is 201 Å². The first-order chi connectivity index (χ1) is 17.0. The van der Waals surface area contributed by atoms with E-state index in [0.29, 0.717) is 35.2 Å². The van der Waals surface area contributed by atoms with Crippen LogP contribution in [0.15, 0.2) is 54.5 Å². The summed E-state index contributed by atoms with van der Waals surface area (Å²) >= 11 is 0. The lowest BCUT2D eigenvalue weighted by molar-refractivity contribution is -0.124. The number of anilines is 2.